The van der Waals surface area contributed by atoms with Gasteiger partial charge in [-0.3, -0.25) is 0 Å². The minimum absolute atomic E-state index is 0.345. The van der Waals surface area contributed by atoms with Crippen molar-refractivity contribution >= 4 is 8.80 Å². The van der Waals surface area contributed by atoms with Crippen molar-refractivity contribution in [3.8, 4) is 0 Å². The number of hydrogen-bond donors (Lipinski definition) is 2. The average molecular weight is 252 g/mol. The first-order valence-corrected chi connectivity index (χ1v) is 7.77. The Morgan fingerprint density at radius 3 is 2.35 bits per heavy atom. The molecule has 0 heterocycles. The number of hydrogen-bond acceptors (Lipinski definition) is 3. The maximum absolute atomic E-state index is 9.38. The fraction of sp³-hybridized carbons (Fsp3) is 0.385. The van der Waals surface area contributed by atoms with Crippen molar-refractivity contribution < 1.29 is 14.0 Å². The van der Waals surface area contributed by atoms with Gasteiger partial charge in [-0.1, -0.05) is 30.3 Å². The molecule has 3 nitrogen and oxygen atoms in total. The standard InChI is InChI=1S/C13H20O3Si/c1-3-5-12-7-9-13(10-8-12)6-4-11-17(14,15)16-2/h3,7-10,14-15H,1,4-6,11H2,2H3. The highest BCUT2D eigenvalue weighted by Crippen LogP contribution is 2.12. The van der Waals surface area contributed by atoms with Gasteiger partial charge in [-0.05, 0) is 30.4 Å². The molecule has 0 aliphatic heterocycles. The largest absolute Gasteiger partial charge is 0.495 e. The second-order valence-electron chi connectivity index (χ2n) is 4.11. The summed E-state index contributed by atoms with van der Waals surface area (Å²) in [5.74, 6) is 0. The molecule has 4 heteroatoms. The second kappa shape index (κ2) is 6.71. The highest BCUT2D eigenvalue weighted by Gasteiger charge is 2.29. The Labute approximate surface area is 104 Å². The molecule has 0 aliphatic carbocycles. The van der Waals surface area contributed by atoms with E-state index in [2.05, 4.69) is 35.3 Å². The summed E-state index contributed by atoms with van der Waals surface area (Å²) in [7, 11) is -2.02. The van der Waals surface area contributed by atoms with Crippen LogP contribution in [0, 0.1) is 0 Å². The normalized spacial score (nSPS) is 11.5. The highest BCUT2D eigenvalue weighted by atomic mass is 28.4. The van der Waals surface area contributed by atoms with Crippen LogP contribution in [0.4, 0.5) is 0 Å². The van der Waals surface area contributed by atoms with Crippen LogP contribution in [-0.4, -0.2) is 25.5 Å². The van der Waals surface area contributed by atoms with E-state index in [-0.39, 0.29) is 0 Å². The summed E-state index contributed by atoms with van der Waals surface area (Å²) in [6.07, 6.45) is 4.33. The lowest BCUT2D eigenvalue weighted by molar-refractivity contribution is 0.184. The molecule has 94 valence electrons. The van der Waals surface area contributed by atoms with Crippen molar-refractivity contribution in [1.82, 2.24) is 0 Å². The van der Waals surface area contributed by atoms with E-state index in [0.717, 1.165) is 19.3 Å². The summed E-state index contributed by atoms with van der Waals surface area (Å²) in [5, 5.41) is 0. The summed E-state index contributed by atoms with van der Waals surface area (Å²) in [6, 6.07) is 8.65. The molecule has 2 N–H and O–H groups in total. The molecule has 0 saturated carbocycles. The Bertz CT molecular complexity index is 346. The Morgan fingerprint density at radius 1 is 1.24 bits per heavy atom. The topological polar surface area (TPSA) is 49.7 Å². The van der Waals surface area contributed by atoms with Gasteiger partial charge in [-0.15, -0.1) is 6.58 Å². The fourth-order valence-electron chi connectivity index (χ4n) is 1.63. The molecule has 1 aromatic rings. The molecular formula is C13H20O3Si. The van der Waals surface area contributed by atoms with E-state index < -0.39 is 8.80 Å². The van der Waals surface area contributed by atoms with Crippen LogP contribution in [0.25, 0.3) is 0 Å². The lowest BCUT2D eigenvalue weighted by Crippen LogP contribution is -2.37. The van der Waals surface area contributed by atoms with Gasteiger partial charge in [-0.2, -0.15) is 0 Å². The minimum Gasteiger partial charge on any atom is -0.390 e. The van der Waals surface area contributed by atoms with Crippen LogP contribution in [0.15, 0.2) is 36.9 Å². The summed E-state index contributed by atoms with van der Waals surface area (Å²) in [5.41, 5.74) is 2.45. The molecule has 0 aliphatic rings. The van der Waals surface area contributed by atoms with Crippen LogP contribution in [-0.2, 0) is 17.3 Å². The smallest absolute Gasteiger partial charge is 0.390 e. The molecule has 0 spiro atoms. The fourth-order valence-corrected chi connectivity index (χ4v) is 2.48. The molecule has 1 aromatic carbocycles. The zero-order chi connectivity index (χ0) is 12.7. The SMILES string of the molecule is C=CCc1ccc(CCC[Si](O)(O)OC)cc1. The Hall–Kier alpha value is -0.943. The first-order valence-electron chi connectivity index (χ1n) is 5.76. The van der Waals surface area contributed by atoms with Gasteiger partial charge in [0.25, 0.3) is 0 Å². The molecule has 17 heavy (non-hydrogen) atoms. The second-order valence-corrected chi connectivity index (χ2v) is 6.50. The molecule has 0 atom stereocenters. The van der Waals surface area contributed by atoms with Gasteiger partial charge in [0.1, 0.15) is 0 Å². The first-order chi connectivity index (χ1) is 8.07. The van der Waals surface area contributed by atoms with E-state index >= 15 is 0 Å². The highest BCUT2D eigenvalue weighted by molar-refractivity contribution is 6.57. The zero-order valence-electron chi connectivity index (χ0n) is 10.2. The van der Waals surface area contributed by atoms with E-state index in [4.69, 9.17) is 0 Å². The third-order valence-corrected chi connectivity index (χ3v) is 4.36. The quantitative estimate of drug-likeness (QED) is 0.576. The number of allylic oxidation sites excluding steroid dienone is 1. The van der Waals surface area contributed by atoms with E-state index in [0.29, 0.717) is 6.04 Å². The molecule has 0 fully saturated rings. The maximum atomic E-state index is 9.38. The predicted molar refractivity (Wildman–Crippen MR) is 70.7 cm³/mol. The molecule has 0 saturated heterocycles. The van der Waals surface area contributed by atoms with Crippen LogP contribution in [0.5, 0.6) is 0 Å². The van der Waals surface area contributed by atoms with Gasteiger partial charge >= 0.3 is 8.80 Å². The van der Waals surface area contributed by atoms with Crippen molar-refractivity contribution in [2.45, 2.75) is 25.3 Å². The molecule has 0 amide bonds. The summed E-state index contributed by atoms with van der Waals surface area (Å²) >= 11 is 0. The number of aryl methyl sites for hydroxylation is 1. The molecule has 0 radical (unpaired) electrons. The van der Waals surface area contributed by atoms with Crippen LogP contribution in [0.2, 0.25) is 6.04 Å². The Morgan fingerprint density at radius 2 is 1.82 bits per heavy atom. The van der Waals surface area contributed by atoms with Crippen molar-refractivity contribution in [2.75, 3.05) is 7.11 Å². The van der Waals surface area contributed by atoms with Crippen LogP contribution < -0.4 is 0 Å². The van der Waals surface area contributed by atoms with Gasteiger partial charge in [0, 0.05) is 13.2 Å². The van der Waals surface area contributed by atoms with Crippen molar-refractivity contribution in [3.63, 3.8) is 0 Å². The van der Waals surface area contributed by atoms with Crippen LogP contribution in [0.1, 0.15) is 17.5 Å². The van der Waals surface area contributed by atoms with Gasteiger partial charge in [0.15, 0.2) is 0 Å². The van der Waals surface area contributed by atoms with Crippen molar-refractivity contribution in [2.24, 2.45) is 0 Å². The van der Waals surface area contributed by atoms with Gasteiger partial charge in [0.2, 0.25) is 0 Å². The van der Waals surface area contributed by atoms with Gasteiger partial charge in [0.05, 0.1) is 0 Å². The third kappa shape index (κ3) is 5.28. The Balaban J connectivity index is 2.39. The van der Waals surface area contributed by atoms with Gasteiger partial charge in [-0.25, -0.2) is 0 Å². The Kier molecular flexibility index (Phi) is 5.57. The summed E-state index contributed by atoms with van der Waals surface area (Å²) in [6.45, 7) is 3.70. The predicted octanol–water partition coefficient (Wildman–Crippen LogP) is 1.92. The average Bonchev–Trinajstić information content (AvgIpc) is 2.32. The van der Waals surface area contributed by atoms with Gasteiger partial charge < -0.3 is 14.0 Å². The molecular weight excluding hydrogens is 232 g/mol. The van der Waals surface area contributed by atoms with E-state index in [1.54, 1.807) is 0 Å². The van der Waals surface area contributed by atoms with E-state index in [1.807, 2.05) is 6.08 Å². The van der Waals surface area contributed by atoms with Crippen LogP contribution in [0.3, 0.4) is 0 Å². The number of benzene rings is 1. The zero-order valence-corrected chi connectivity index (χ0v) is 11.2. The summed E-state index contributed by atoms with van der Waals surface area (Å²) in [4.78, 5) is 18.8. The number of rotatable bonds is 7. The lowest BCUT2D eigenvalue weighted by atomic mass is 10.1. The molecule has 0 bridgehead atoms. The molecule has 0 unspecified atom stereocenters. The van der Waals surface area contributed by atoms with E-state index in [9.17, 15) is 9.59 Å². The summed E-state index contributed by atoms with van der Waals surface area (Å²) < 4.78 is 4.67. The lowest BCUT2D eigenvalue weighted by Gasteiger charge is -2.14. The van der Waals surface area contributed by atoms with Crippen molar-refractivity contribution in [3.05, 3.63) is 48.0 Å². The first kappa shape index (κ1) is 14.1. The van der Waals surface area contributed by atoms with E-state index in [1.165, 1.54) is 18.2 Å². The maximum Gasteiger partial charge on any atom is 0.495 e. The third-order valence-electron chi connectivity index (χ3n) is 2.70. The van der Waals surface area contributed by atoms with Crippen LogP contribution >= 0.6 is 0 Å². The minimum atomic E-state index is -3.37. The molecule has 1 rings (SSSR count). The monoisotopic (exact) mass is 252 g/mol. The molecule has 0 aromatic heterocycles. The van der Waals surface area contributed by atoms with Crippen molar-refractivity contribution in [1.29, 1.82) is 0 Å².